The number of nitrogen functional groups attached to an aromatic ring is 1. The third-order valence-corrected chi connectivity index (χ3v) is 6.54. The fourth-order valence-electron chi connectivity index (χ4n) is 2.49. The molecule has 0 saturated heterocycles. The molecule has 1 unspecified atom stereocenters. The number of anilines is 2. The number of amides is 1. The lowest BCUT2D eigenvalue weighted by Crippen LogP contribution is -2.22. The van der Waals surface area contributed by atoms with E-state index in [-0.39, 0.29) is 11.2 Å². The van der Waals surface area contributed by atoms with Crippen LogP contribution in [-0.4, -0.2) is 26.3 Å². The van der Waals surface area contributed by atoms with Gasteiger partial charge in [0.1, 0.15) is 0 Å². The van der Waals surface area contributed by atoms with Crippen molar-refractivity contribution in [1.82, 2.24) is 15.2 Å². The van der Waals surface area contributed by atoms with Crippen molar-refractivity contribution in [2.45, 2.75) is 16.5 Å². The summed E-state index contributed by atoms with van der Waals surface area (Å²) in [6.07, 6.45) is 0. The second-order valence-electron chi connectivity index (χ2n) is 5.76. The summed E-state index contributed by atoms with van der Waals surface area (Å²) in [6, 6.07) is 14.4. The van der Waals surface area contributed by atoms with Crippen molar-refractivity contribution >= 4 is 61.4 Å². The van der Waals surface area contributed by atoms with E-state index in [0.29, 0.717) is 14.6 Å². The number of fused-ring (bicyclic) bond motifs is 1. The van der Waals surface area contributed by atoms with Gasteiger partial charge in [-0.05, 0) is 23.8 Å². The molecule has 3 N–H and O–H groups in total. The van der Waals surface area contributed by atoms with Crippen LogP contribution in [0.4, 0.5) is 10.3 Å². The molecule has 2 aromatic carbocycles. The Morgan fingerprint density at radius 1 is 1.19 bits per heavy atom. The largest absolute Gasteiger partial charge is 0.374 e. The van der Waals surface area contributed by atoms with Crippen molar-refractivity contribution in [2.75, 3.05) is 11.1 Å². The molecule has 4 rings (SSSR count). The molecule has 0 aliphatic rings. The van der Waals surface area contributed by atoms with Gasteiger partial charge in [0.15, 0.2) is 9.47 Å². The van der Waals surface area contributed by atoms with Crippen LogP contribution in [0.15, 0.2) is 52.2 Å². The van der Waals surface area contributed by atoms with Crippen molar-refractivity contribution in [3.05, 3.63) is 47.8 Å². The number of hydrogen-bond donors (Lipinski definition) is 2. The van der Waals surface area contributed by atoms with E-state index in [1.807, 2.05) is 30.5 Å². The number of thioether (sulfide) groups is 1. The number of nitrogens with zero attached hydrogens (tertiary/aromatic N) is 3. The van der Waals surface area contributed by atoms with Gasteiger partial charge in [0.25, 0.3) is 0 Å². The molecule has 4 aromatic rings. The minimum atomic E-state index is -0.328. The number of thiazole rings is 1. The minimum absolute atomic E-state index is 0.131. The zero-order chi connectivity index (χ0) is 18.8. The topological polar surface area (TPSA) is 93.8 Å². The molecule has 27 heavy (non-hydrogen) atoms. The first kappa shape index (κ1) is 17.9. The first-order chi connectivity index (χ1) is 13.1. The second-order valence-corrected chi connectivity index (χ2v) is 9.21. The Morgan fingerprint density at radius 3 is 2.78 bits per heavy atom. The van der Waals surface area contributed by atoms with Crippen molar-refractivity contribution in [3.8, 4) is 11.3 Å². The van der Waals surface area contributed by atoms with E-state index in [9.17, 15) is 4.79 Å². The summed E-state index contributed by atoms with van der Waals surface area (Å²) in [5.74, 6) is -0.131. The highest BCUT2D eigenvalue weighted by Crippen LogP contribution is 2.30. The van der Waals surface area contributed by atoms with Crippen LogP contribution >= 0.6 is 34.4 Å². The molecule has 2 heterocycles. The zero-order valence-electron chi connectivity index (χ0n) is 14.2. The van der Waals surface area contributed by atoms with E-state index >= 15 is 0 Å². The third kappa shape index (κ3) is 4.10. The van der Waals surface area contributed by atoms with E-state index in [0.717, 1.165) is 16.6 Å². The van der Waals surface area contributed by atoms with Crippen LogP contribution in [0.1, 0.15) is 6.92 Å². The summed E-state index contributed by atoms with van der Waals surface area (Å²) in [6.45, 7) is 1.81. The number of carbonyl (C=O) groups excluding carboxylic acids is 1. The van der Waals surface area contributed by atoms with E-state index in [4.69, 9.17) is 5.73 Å². The number of rotatable bonds is 5. The predicted molar refractivity (Wildman–Crippen MR) is 113 cm³/mol. The van der Waals surface area contributed by atoms with Crippen LogP contribution in [0.25, 0.3) is 22.0 Å². The van der Waals surface area contributed by atoms with Gasteiger partial charge >= 0.3 is 0 Å². The first-order valence-corrected chi connectivity index (χ1v) is 10.7. The molecule has 0 spiro atoms. The van der Waals surface area contributed by atoms with Crippen molar-refractivity contribution in [1.29, 1.82) is 0 Å². The van der Waals surface area contributed by atoms with Gasteiger partial charge in [0.05, 0.1) is 10.9 Å². The molecular formula is C18H15N5OS3. The lowest BCUT2D eigenvalue weighted by Gasteiger charge is -2.07. The molecule has 136 valence electrons. The number of hydrogen-bond acceptors (Lipinski definition) is 8. The summed E-state index contributed by atoms with van der Waals surface area (Å²) < 4.78 is 0.672. The molecule has 0 aliphatic heterocycles. The van der Waals surface area contributed by atoms with Crippen LogP contribution in [0.2, 0.25) is 0 Å². The molecule has 0 bridgehead atoms. The lowest BCUT2D eigenvalue weighted by molar-refractivity contribution is -0.115. The number of aromatic nitrogens is 3. The maximum atomic E-state index is 12.4. The summed E-state index contributed by atoms with van der Waals surface area (Å²) in [5.41, 5.74) is 7.44. The minimum Gasteiger partial charge on any atom is -0.374 e. The Labute approximate surface area is 167 Å². The Kier molecular flexibility index (Phi) is 5.06. The van der Waals surface area contributed by atoms with Crippen LogP contribution in [0, 0.1) is 0 Å². The molecule has 1 amide bonds. The summed E-state index contributed by atoms with van der Waals surface area (Å²) >= 11 is 4.00. The van der Waals surface area contributed by atoms with Gasteiger partial charge in [-0.1, -0.05) is 59.5 Å². The monoisotopic (exact) mass is 413 g/mol. The van der Waals surface area contributed by atoms with E-state index in [1.54, 1.807) is 0 Å². The van der Waals surface area contributed by atoms with Gasteiger partial charge in [0.2, 0.25) is 11.0 Å². The highest BCUT2D eigenvalue weighted by molar-refractivity contribution is 8.02. The van der Waals surface area contributed by atoms with Crippen molar-refractivity contribution < 1.29 is 4.79 Å². The predicted octanol–water partition coefficient (Wildman–Crippen LogP) is 4.52. The number of nitrogens with one attached hydrogen (secondary N) is 1. The van der Waals surface area contributed by atoms with Crippen molar-refractivity contribution in [2.24, 2.45) is 0 Å². The fourth-order valence-corrected chi connectivity index (χ4v) is 4.99. The molecule has 9 heteroatoms. The van der Waals surface area contributed by atoms with Crippen LogP contribution < -0.4 is 11.1 Å². The standard InChI is InChI=1S/C18H15N5OS3/c1-10(26-18-23-22-16(19)27-18)15(24)21-17-20-14(9-25-17)13-7-6-11-4-2-3-5-12(11)8-13/h2-10H,1H3,(H2,19,22)(H,20,21,24). The number of carbonyl (C=O) groups is 1. The van der Waals surface area contributed by atoms with E-state index < -0.39 is 0 Å². The van der Waals surface area contributed by atoms with Gasteiger partial charge in [-0.25, -0.2) is 4.98 Å². The summed E-state index contributed by atoms with van der Waals surface area (Å²) in [4.78, 5) is 17.0. The molecule has 0 radical (unpaired) electrons. The van der Waals surface area contributed by atoms with Crippen LogP contribution in [0.5, 0.6) is 0 Å². The SMILES string of the molecule is CC(Sc1nnc(N)s1)C(=O)Nc1nc(-c2ccc3ccccc3c2)cs1. The first-order valence-electron chi connectivity index (χ1n) is 8.10. The van der Waals surface area contributed by atoms with Gasteiger partial charge in [-0.2, -0.15) is 0 Å². The second kappa shape index (κ2) is 7.63. The van der Waals surface area contributed by atoms with Gasteiger partial charge < -0.3 is 11.1 Å². The molecule has 0 aliphatic carbocycles. The molecule has 0 fully saturated rings. The number of nitrogens with two attached hydrogens (primary N) is 1. The molecular weight excluding hydrogens is 398 g/mol. The molecule has 6 nitrogen and oxygen atoms in total. The third-order valence-electron chi connectivity index (χ3n) is 3.85. The Morgan fingerprint density at radius 2 is 2.00 bits per heavy atom. The van der Waals surface area contributed by atoms with E-state index in [1.165, 1.54) is 39.8 Å². The summed E-state index contributed by atoms with van der Waals surface area (Å²) in [5, 5.41) is 15.5. The van der Waals surface area contributed by atoms with Gasteiger partial charge in [-0.3, -0.25) is 4.79 Å². The average molecular weight is 414 g/mol. The normalized spacial score (nSPS) is 12.2. The Balaban J connectivity index is 1.46. The van der Waals surface area contributed by atoms with Crippen LogP contribution in [-0.2, 0) is 4.79 Å². The molecule has 0 saturated carbocycles. The lowest BCUT2D eigenvalue weighted by atomic mass is 10.1. The smallest absolute Gasteiger partial charge is 0.239 e. The zero-order valence-corrected chi connectivity index (χ0v) is 16.7. The van der Waals surface area contributed by atoms with Crippen molar-refractivity contribution in [3.63, 3.8) is 0 Å². The molecule has 2 aromatic heterocycles. The van der Waals surface area contributed by atoms with Gasteiger partial charge in [-0.15, -0.1) is 21.5 Å². The summed E-state index contributed by atoms with van der Waals surface area (Å²) in [7, 11) is 0. The maximum absolute atomic E-state index is 12.4. The quantitative estimate of drug-likeness (QED) is 0.467. The maximum Gasteiger partial charge on any atom is 0.239 e. The highest BCUT2D eigenvalue weighted by Gasteiger charge is 2.18. The fraction of sp³-hybridized carbons (Fsp3) is 0.111. The number of benzene rings is 2. The molecule has 1 atom stereocenters. The highest BCUT2D eigenvalue weighted by atomic mass is 32.2. The van der Waals surface area contributed by atoms with E-state index in [2.05, 4.69) is 44.8 Å². The average Bonchev–Trinajstić information content (AvgIpc) is 3.30. The van der Waals surface area contributed by atoms with Gasteiger partial charge in [0, 0.05) is 10.9 Å². The Bertz CT molecular complexity index is 1110. The Hall–Kier alpha value is -2.49. The van der Waals surface area contributed by atoms with Crippen LogP contribution in [0.3, 0.4) is 0 Å².